The van der Waals surface area contributed by atoms with Crippen molar-refractivity contribution in [3.63, 3.8) is 0 Å². The van der Waals surface area contributed by atoms with Gasteiger partial charge in [-0.2, -0.15) is 0 Å². The Morgan fingerprint density at radius 2 is 2.28 bits per heavy atom. The SMILES string of the molecule is Nc1ccccc1OCC(=O)OC1CCCOC1. The molecule has 1 atom stereocenters. The number of carbonyl (C=O) groups is 1. The van der Waals surface area contributed by atoms with Crippen LogP contribution in [0, 0.1) is 0 Å². The highest BCUT2D eigenvalue weighted by Crippen LogP contribution is 2.19. The molecule has 5 heteroatoms. The standard InChI is InChI=1S/C13H17NO4/c14-11-5-1-2-6-12(11)17-9-13(15)18-10-4-3-7-16-8-10/h1-2,5-6,10H,3-4,7-9,14H2. The van der Waals surface area contributed by atoms with Crippen molar-refractivity contribution >= 4 is 11.7 Å². The van der Waals surface area contributed by atoms with Gasteiger partial charge >= 0.3 is 5.97 Å². The normalized spacial score (nSPS) is 19.2. The summed E-state index contributed by atoms with van der Waals surface area (Å²) in [5.41, 5.74) is 6.20. The van der Waals surface area contributed by atoms with E-state index in [9.17, 15) is 4.79 Å². The molecule has 1 unspecified atom stereocenters. The number of nitrogen functional groups attached to an aromatic ring is 1. The maximum Gasteiger partial charge on any atom is 0.344 e. The summed E-state index contributed by atoms with van der Waals surface area (Å²) < 4.78 is 15.7. The number of hydrogen-bond donors (Lipinski definition) is 1. The molecule has 5 nitrogen and oxygen atoms in total. The Hall–Kier alpha value is -1.75. The molecule has 1 aromatic carbocycles. The van der Waals surface area contributed by atoms with Crippen LogP contribution in [0.25, 0.3) is 0 Å². The van der Waals surface area contributed by atoms with Gasteiger partial charge in [0.25, 0.3) is 0 Å². The van der Waals surface area contributed by atoms with Crippen molar-refractivity contribution in [3.05, 3.63) is 24.3 Å². The first-order chi connectivity index (χ1) is 8.75. The smallest absolute Gasteiger partial charge is 0.344 e. The second kappa shape index (κ2) is 6.26. The fraction of sp³-hybridized carbons (Fsp3) is 0.462. The summed E-state index contributed by atoms with van der Waals surface area (Å²) in [7, 11) is 0. The summed E-state index contributed by atoms with van der Waals surface area (Å²) in [5, 5.41) is 0. The molecule has 18 heavy (non-hydrogen) atoms. The number of esters is 1. The molecule has 0 saturated carbocycles. The van der Waals surface area contributed by atoms with E-state index in [-0.39, 0.29) is 12.7 Å². The maximum absolute atomic E-state index is 11.6. The van der Waals surface area contributed by atoms with E-state index in [1.54, 1.807) is 24.3 Å². The van der Waals surface area contributed by atoms with Crippen LogP contribution in [0.4, 0.5) is 5.69 Å². The summed E-state index contributed by atoms with van der Waals surface area (Å²) >= 11 is 0. The topological polar surface area (TPSA) is 70.8 Å². The van der Waals surface area contributed by atoms with E-state index in [1.807, 2.05) is 0 Å². The Morgan fingerprint density at radius 3 is 3.00 bits per heavy atom. The van der Waals surface area contributed by atoms with Gasteiger partial charge in [-0.1, -0.05) is 12.1 Å². The zero-order valence-corrected chi connectivity index (χ0v) is 10.1. The van der Waals surface area contributed by atoms with Crippen molar-refractivity contribution in [1.29, 1.82) is 0 Å². The Bertz CT molecular complexity index is 402. The van der Waals surface area contributed by atoms with Gasteiger partial charge < -0.3 is 19.9 Å². The molecule has 98 valence electrons. The van der Waals surface area contributed by atoms with E-state index in [1.165, 1.54) is 0 Å². The first-order valence-electron chi connectivity index (χ1n) is 6.00. The Balaban J connectivity index is 1.76. The number of ether oxygens (including phenoxy) is 3. The minimum atomic E-state index is -0.395. The van der Waals surface area contributed by atoms with E-state index in [2.05, 4.69) is 0 Å². The molecule has 1 fully saturated rings. The van der Waals surface area contributed by atoms with Gasteiger partial charge in [-0.3, -0.25) is 0 Å². The van der Waals surface area contributed by atoms with Crippen LogP contribution >= 0.6 is 0 Å². The first-order valence-corrected chi connectivity index (χ1v) is 6.00. The van der Waals surface area contributed by atoms with Gasteiger partial charge in [0.15, 0.2) is 6.61 Å². The molecule has 2 rings (SSSR count). The number of anilines is 1. The number of nitrogens with two attached hydrogens (primary N) is 1. The highest BCUT2D eigenvalue weighted by molar-refractivity contribution is 5.71. The third kappa shape index (κ3) is 3.63. The van der Waals surface area contributed by atoms with Gasteiger partial charge in [0.2, 0.25) is 0 Å². The van der Waals surface area contributed by atoms with Crippen LogP contribution in [-0.4, -0.2) is 31.9 Å². The van der Waals surface area contributed by atoms with Gasteiger partial charge in [-0.25, -0.2) is 4.79 Å². The van der Waals surface area contributed by atoms with E-state index in [4.69, 9.17) is 19.9 Å². The molecule has 0 aliphatic carbocycles. The number of carbonyl (C=O) groups excluding carboxylic acids is 1. The average molecular weight is 251 g/mol. The second-order valence-electron chi connectivity index (χ2n) is 4.16. The molecule has 0 bridgehead atoms. The van der Waals surface area contributed by atoms with Gasteiger partial charge in [0.1, 0.15) is 11.9 Å². The summed E-state index contributed by atoms with van der Waals surface area (Å²) in [6.07, 6.45) is 1.62. The van der Waals surface area contributed by atoms with E-state index in [0.29, 0.717) is 18.0 Å². The zero-order valence-electron chi connectivity index (χ0n) is 10.1. The lowest BCUT2D eigenvalue weighted by molar-refractivity contribution is -0.157. The summed E-state index contributed by atoms with van der Waals surface area (Å²) in [5.74, 6) is 0.100. The van der Waals surface area contributed by atoms with Crippen LogP contribution in [0.2, 0.25) is 0 Å². The lowest BCUT2D eigenvalue weighted by Gasteiger charge is -2.22. The van der Waals surface area contributed by atoms with Crippen LogP contribution in [0.15, 0.2) is 24.3 Å². The summed E-state index contributed by atoms with van der Waals surface area (Å²) in [6, 6.07) is 7.04. The molecular weight excluding hydrogens is 234 g/mol. The highest BCUT2D eigenvalue weighted by atomic mass is 16.6. The minimum Gasteiger partial charge on any atom is -0.480 e. The Labute approximate surface area is 106 Å². The zero-order chi connectivity index (χ0) is 12.8. The minimum absolute atomic E-state index is 0.134. The molecular formula is C13H17NO4. The van der Waals surface area contributed by atoms with E-state index >= 15 is 0 Å². The number of rotatable bonds is 4. The van der Waals surface area contributed by atoms with Crippen molar-refractivity contribution in [2.24, 2.45) is 0 Å². The molecule has 1 aromatic rings. The first kappa shape index (κ1) is 12.7. The van der Waals surface area contributed by atoms with Crippen molar-refractivity contribution in [2.45, 2.75) is 18.9 Å². The fourth-order valence-corrected chi connectivity index (χ4v) is 1.77. The lowest BCUT2D eigenvalue weighted by atomic mass is 10.2. The van der Waals surface area contributed by atoms with Crippen molar-refractivity contribution in [3.8, 4) is 5.75 Å². The molecule has 0 spiro atoms. The van der Waals surface area contributed by atoms with E-state index < -0.39 is 5.97 Å². The number of para-hydroxylation sites is 2. The molecule has 2 N–H and O–H groups in total. The van der Waals surface area contributed by atoms with Crippen molar-refractivity contribution < 1.29 is 19.0 Å². The van der Waals surface area contributed by atoms with Crippen LogP contribution in [0.1, 0.15) is 12.8 Å². The second-order valence-corrected chi connectivity index (χ2v) is 4.16. The quantitative estimate of drug-likeness (QED) is 0.646. The average Bonchev–Trinajstić information content (AvgIpc) is 2.39. The maximum atomic E-state index is 11.6. The predicted molar refractivity (Wildman–Crippen MR) is 66.3 cm³/mol. The molecule has 1 aliphatic rings. The van der Waals surface area contributed by atoms with Crippen molar-refractivity contribution in [1.82, 2.24) is 0 Å². The number of hydrogen-bond acceptors (Lipinski definition) is 5. The van der Waals surface area contributed by atoms with E-state index in [0.717, 1.165) is 19.4 Å². The third-order valence-corrected chi connectivity index (χ3v) is 2.68. The fourth-order valence-electron chi connectivity index (χ4n) is 1.77. The van der Waals surface area contributed by atoms with Crippen LogP contribution in [0.5, 0.6) is 5.75 Å². The van der Waals surface area contributed by atoms with Gasteiger partial charge in [0.05, 0.1) is 12.3 Å². The molecule has 0 amide bonds. The molecule has 0 aromatic heterocycles. The largest absolute Gasteiger partial charge is 0.480 e. The van der Waals surface area contributed by atoms with Gasteiger partial charge in [-0.05, 0) is 25.0 Å². The third-order valence-electron chi connectivity index (χ3n) is 2.68. The monoisotopic (exact) mass is 251 g/mol. The summed E-state index contributed by atoms with van der Waals surface area (Å²) in [6.45, 7) is 1.08. The highest BCUT2D eigenvalue weighted by Gasteiger charge is 2.18. The Kier molecular flexibility index (Phi) is 4.41. The van der Waals surface area contributed by atoms with Crippen LogP contribution in [0.3, 0.4) is 0 Å². The molecule has 0 radical (unpaired) electrons. The predicted octanol–water partition coefficient (Wildman–Crippen LogP) is 1.37. The van der Waals surface area contributed by atoms with Gasteiger partial charge in [-0.15, -0.1) is 0 Å². The summed E-state index contributed by atoms with van der Waals surface area (Å²) in [4.78, 5) is 11.6. The van der Waals surface area contributed by atoms with Crippen LogP contribution in [-0.2, 0) is 14.3 Å². The number of benzene rings is 1. The van der Waals surface area contributed by atoms with Gasteiger partial charge in [0, 0.05) is 6.61 Å². The molecule has 1 heterocycles. The van der Waals surface area contributed by atoms with Crippen LogP contribution < -0.4 is 10.5 Å². The lowest BCUT2D eigenvalue weighted by Crippen LogP contribution is -2.30. The molecule has 1 aliphatic heterocycles. The van der Waals surface area contributed by atoms with Crippen molar-refractivity contribution in [2.75, 3.05) is 25.6 Å². The molecule has 1 saturated heterocycles. The Morgan fingerprint density at radius 1 is 1.44 bits per heavy atom.